The van der Waals surface area contributed by atoms with Gasteiger partial charge in [0.15, 0.2) is 6.10 Å². The van der Waals surface area contributed by atoms with Crippen molar-refractivity contribution < 1.29 is 32.2 Å². The van der Waals surface area contributed by atoms with Crippen molar-refractivity contribution in [2.45, 2.75) is 30.0 Å². The zero-order valence-corrected chi connectivity index (χ0v) is 18.2. The topological polar surface area (TPSA) is 77.5 Å². The number of amides is 1. The summed E-state index contributed by atoms with van der Waals surface area (Å²) in [5.41, 5.74) is 3.17. The lowest BCUT2D eigenvalue weighted by Gasteiger charge is -2.15. The maximum atomic E-state index is 12.6. The second-order valence-electron chi connectivity index (χ2n) is 6.37. The van der Waals surface area contributed by atoms with Crippen LogP contribution in [-0.2, 0) is 15.3 Å². The quantitative estimate of drug-likeness (QED) is 0.337. The Bertz CT molecular complexity index is 1060. The first-order valence-electron chi connectivity index (χ1n) is 9.18. The van der Waals surface area contributed by atoms with Gasteiger partial charge >= 0.3 is 12.3 Å². The predicted molar refractivity (Wildman–Crippen MR) is 115 cm³/mol. The molecule has 0 saturated heterocycles. The number of carbonyl (C=O) groups is 2. The van der Waals surface area contributed by atoms with Gasteiger partial charge in [0.1, 0.15) is 5.75 Å². The first-order valence-corrected chi connectivity index (χ1v) is 11.1. The van der Waals surface area contributed by atoms with Crippen molar-refractivity contribution in [3.63, 3.8) is 0 Å². The number of halogens is 3. The van der Waals surface area contributed by atoms with Crippen molar-refractivity contribution in [3.05, 3.63) is 70.7 Å². The summed E-state index contributed by atoms with van der Waals surface area (Å²) in [6, 6.07) is 11.5. The molecule has 0 bridgehead atoms. The minimum atomic E-state index is -4.80. The van der Waals surface area contributed by atoms with Crippen molar-refractivity contribution in [3.8, 4) is 5.75 Å². The van der Waals surface area contributed by atoms with Gasteiger partial charge in [0.2, 0.25) is 0 Å². The largest absolute Gasteiger partial charge is 0.573 e. The van der Waals surface area contributed by atoms with E-state index in [0.29, 0.717) is 16.2 Å². The molecule has 0 saturated carbocycles. The van der Waals surface area contributed by atoms with Gasteiger partial charge in [-0.25, -0.2) is 9.78 Å². The summed E-state index contributed by atoms with van der Waals surface area (Å²) in [6.07, 6.45) is -5.94. The van der Waals surface area contributed by atoms with Crippen molar-refractivity contribution in [1.29, 1.82) is 0 Å². The van der Waals surface area contributed by atoms with Crippen LogP contribution in [0.5, 0.6) is 5.75 Å². The number of nitrogens with zero attached hydrogens (tertiary/aromatic N) is 1. The lowest BCUT2D eigenvalue weighted by molar-refractivity contribution is -0.274. The van der Waals surface area contributed by atoms with E-state index >= 15 is 0 Å². The average Bonchev–Trinajstić information content (AvgIpc) is 3.26. The zero-order chi connectivity index (χ0) is 23.1. The lowest BCUT2D eigenvalue weighted by atomic mass is 10.2. The van der Waals surface area contributed by atoms with Gasteiger partial charge in [-0.1, -0.05) is 12.1 Å². The number of benzene rings is 2. The molecule has 11 heteroatoms. The van der Waals surface area contributed by atoms with Crippen molar-refractivity contribution in [1.82, 2.24) is 4.98 Å². The first kappa shape index (κ1) is 23.6. The molecule has 1 amide bonds. The number of thiazole rings is 1. The van der Waals surface area contributed by atoms with Crippen molar-refractivity contribution >= 4 is 40.7 Å². The number of anilines is 1. The van der Waals surface area contributed by atoms with E-state index in [1.165, 1.54) is 42.2 Å². The maximum Gasteiger partial charge on any atom is 0.573 e. The first-order chi connectivity index (χ1) is 15.2. The number of hydrogen-bond donors (Lipinski definition) is 1. The summed E-state index contributed by atoms with van der Waals surface area (Å²) >= 11 is 2.91. The van der Waals surface area contributed by atoms with E-state index in [0.717, 1.165) is 17.8 Å². The summed E-state index contributed by atoms with van der Waals surface area (Å²) < 4.78 is 45.7. The fraction of sp³-hybridized carbons (Fsp3) is 0.190. The van der Waals surface area contributed by atoms with E-state index in [2.05, 4.69) is 15.0 Å². The minimum Gasteiger partial charge on any atom is -0.449 e. The molecule has 0 spiro atoms. The van der Waals surface area contributed by atoms with Crippen LogP contribution in [-0.4, -0.2) is 29.3 Å². The van der Waals surface area contributed by atoms with Crippen LogP contribution >= 0.6 is 23.1 Å². The molecule has 1 aromatic heterocycles. The third-order valence-electron chi connectivity index (χ3n) is 3.97. The van der Waals surface area contributed by atoms with Crippen molar-refractivity contribution in [2.75, 3.05) is 5.32 Å². The molecule has 0 radical (unpaired) electrons. The second-order valence-corrected chi connectivity index (χ2v) is 8.11. The molecule has 3 rings (SSSR count). The Morgan fingerprint density at radius 1 is 1.16 bits per heavy atom. The molecule has 3 aromatic rings. The molecular formula is C21H17F3N2O4S2. The molecule has 0 aliphatic rings. The van der Waals surface area contributed by atoms with Gasteiger partial charge in [-0.2, -0.15) is 0 Å². The molecule has 168 valence electrons. The Morgan fingerprint density at radius 3 is 2.53 bits per heavy atom. The van der Waals surface area contributed by atoms with Crippen LogP contribution in [0.2, 0.25) is 0 Å². The van der Waals surface area contributed by atoms with Gasteiger partial charge in [-0.3, -0.25) is 4.79 Å². The second kappa shape index (κ2) is 10.5. The predicted octanol–water partition coefficient (Wildman–Crippen LogP) is 5.52. The third kappa shape index (κ3) is 6.99. The van der Waals surface area contributed by atoms with E-state index in [9.17, 15) is 22.8 Å². The van der Waals surface area contributed by atoms with E-state index in [1.54, 1.807) is 29.8 Å². The molecular weight excluding hydrogens is 465 g/mol. The summed E-state index contributed by atoms with van der Waals surface area (Å²) in [5.74, 6) is -1.13. The fourth-order valence-electron chi connectivity index (χ4n) is 2.48. The number of hydrogen-bond acceptors (Lipinski definition) is 7. The van der Waals surface area contributed by atoms with E-state index < -0.39 is 30.1 Å². The van der Waals surface area contributed by atoms with E-state index in [-0.39, 0.29) is 5.69 Å². The molecule has 32 heavy (non-hydrogen) atoms. The standard InChI is InChI=1S/C21H17F3N2O4S2/c1-13(19(27)26-14-6-8-16(9-7-14)30-21(22,23)24)29-20(28)17-4-2-3-5-18(17)32-11-15-10-31-12-25-15/h2-10,12-13H,11H2,1H3,(H,26,27). The van der Waals surface area contributed by atoms with Gasteiger partial charge in [0.25, 0.3) is 5.91 Å². The molecule has 1 heterocycles. The van der Waals surface area contributed by atoms with Crippen LogP contribution in [0.1, 0.15) is 23.0 Å². The number of nitrogens with one attached hydrogen (secondary N) is 1. The zero-order valence-electron chi connectivity index (χ0n) is 16.6. The average molecular weight is 483 g/mol. The van der Waals surface area contributed by atoms with E-state index in [4.69, 9.17) is 4.74 Å². The molecule has 1 atom stereocenters. The normalized spacial score (nSPS) is 12.1. The summed E-state index contributed by atoms with van der Waals surface area (Å²) in [4.78, 5) is 29.9. The molecule has 1 unspecified atom stereocenters. The fourth-order valence-corrected chi connectivity index (χ4v) is 4.09. The Kier molecular flexibility index (Phi) is 7.75. The maximum absolute atomic E-state index is 12.6. The molecule has 1 N–H and O–H groups in total. The lowest BCUT2D eigenvalue weighted by Crippen LogP contribution is -2.30. The summed E-state index contributed by atoms with van der Waals surface area (Å²) in [6.45, 7) is 1.40. The molecule has 0 aliphatic carbocycles. The van der Waals surface area contributed by atoms with Gasteiger partial charge in [-0.15, -0.1) is 36.3 Å². The number of carbonyl (C=O) groups excluding carboxylic acids is 2. The van der Waals surface area contributed by atoms with Gasteiger partial charge < -0.3 is 14.8 Å². The Hall–Kier alpha value is -3.05. The highest BCUT2D eigenvalue weighted by Crippen LogP contribution is 2.27. The Labute approximate surface area is 189 Å². The van der Waals surface area contributed by atoms with Gasteiger partial charge in [0, 0.05) is 21.7 Å². The highest BCUT2D eigenvalue weighted by atomic mass is 32.2. The number of aromatic nitrogens is 1. The monoisotopic (exact) mass is 482 g/mol. The Morgan fingerprint density at radius 2 is 1.88 bits per heavy atom. The number of ether oxygens (including phenoxy) is 2. The summed E-state index contributed by atoms with van der Waals surface area (Å²) in [7, 11) is 0. The van der Waals surface area contributed by atoms with Crippen LogP contribution in [0.4, 0.5) is 18.9 Å². The highest BCUT2D eigenvalue weighted by Gasteiger charge is 2.31. The third-order valence-corrected chi connectivity index (χ3v) is 5.72. The SMILES string of the molecule is CC(OC(=O)c1ccccc1SCc1cscn1)C(=O)Nc1ccc(OC(F)(F)F)cc1. The van der Waals surface area contributed by atoms with Gasteiger partial charge in [0.05, 0.1) is 16.8 Å². The highest BCUT2D eigenvalue weighted by molar-refractivity contribution is 7.98. The van der Waals surface area contributed by atoms with Gasteiger partial charge in [-0.05, 0) is 43.3 Å². The number of alkyl halides is 3. The smallest absolute Gasteiger partial charge is 0.449 e. The molecule has 0 fully saturated rings. The Balaban J connectivity index is 1.57. The molecule has 0 aliphatic heterocycles. The van der Waals surface area contributed by atoms with E-state index in [1.807, 2.05) is 5.38 Å². The van der Waals surface area contributed by atoms with Crippen LogP contribution in [0, 0.1) is 0 Å². The number of rotatable bonds is 8. The summed E-state index contributed by atoms with van der Waals surface area (Å²) in [5, 5.41) is 4.40. The van der Waals surface area contributed by atoms with Crippen LogP contribution in [0.25, 0.3) is 0 Å². The van der Waals surface area contributed by atoms with Crippen molar-refractivity contribution in [2.24, 2.45) is 0 Å². The molecule has 6 nitrogen and oxygen atoms in total. The number of esters is 1. The molecule has 2 aromatic carbocycles. The minimum absolute atomic E-state index is 0.228. The number of thioether (sulfide) groups is 1. The van der Waals surface area contributed by atoms with Crippen LogP contribution < -0.4 is 10.1 Å². The van der Waals surface area contributed by atoms with Crippen LogP contribution in [0.15, 0.2) is 64.3 Å². The van der Waals surface area contributed by atoms with Crippen LogP contribution in [0.3, 0.4) is 0 Å².